The fourth-order valence-corrected chi connectivity index (χ4v) is 8.40. The highest BCUT2D eigenvalue weighted by Crippen LogP contribution is 2.36. The minimum absolute atomic E-state index is 0.0863. The topological polar surface area (TPSA) is 29.5 Å². The van der Waals surface area contributed by atoms with Gasteiger partial charge in [0.15, 0.2) is 0 Å². The average Bonchev–Trinajstić information content (AvgIpc) is 2.77. The average molecular weight is 421 g/mol. The molecule has 0 heterocycles. The van der Waals surface area contributed by atoms with Crippen molar-refractivity contribution in [1.29, 1.82) is 0 Å². The van der Waals surface area contributed by atoms with Gasteiger partial charge in [-0.1, -0.05) is 112 Å². The van der Waals surface area contributed by atoms with Crippen LogP contribution >= 0.6 is 0 Å². The van der Waals surface area contributed by atoms with E-state index in [4.69, 9.17) is 4.43 Å². The number of rotatable bonds is 7. The van der Waals surface area contributed by atoms with Gasteiger partial charge in [-0.25, -0.2) is 4.39 Å². The monoisotopic (exact) mass is 420 g/mol. The Morgan fingerprint density at radius 2 is 1.30 bits per heavy atom. The lowest BCUT2D eigenvalue weighted by atomic mass is 10.1. The zero-order valence-electron chi connectivity index (χ0n) is 17.8. The SMILES string of the molecule is CC(C)(C)[Si](OC/C=C(/F)C(O)c1ccccc1)(c1ccccc1)c1ccccc1. The maximum Gasteiger partial charge on any atom is 0.261 e. The highest BCUT2D eigenvalue weighted by molar-refractivity contribution is 6.99. The predicted molar refractivity (Wildman–Crippen MR) is 124 cm³/mol. The summed E-state index contributed by atoms with van der Waals surface area (Å²) in [6, 6.07) is 29.3. The van der Waals surface area contributed by atoms with Crippen LogP contribution in [0, 0.1) is 0 Å². The summed E-state index contributed by atoms with van der Waals surface area (Å²) < 4.78 is 21.3. The molecule has 3 rings (SSSR count). The molecule has 1 atom stereocenters. The molecule has 0 bridgehead atoms. The maximum atomic E-state index is 14.7. The van der Waals surface area contributed by atoms with Crippen molar-refractivity contribution in [2.75, 3.05) is 6.61 Å². The molecule has 30 heavy (non-hydrogen) atoms. The molecule has 2 nitrogen and oxygen atoms in total. The van der Waals surface area contributed by atoms with Crippen LogP contribution < -0.4 is 10.4 Å². The summed E-state index contributed by atoms with van der Waals surface area (Å²) in [5, 5.41) is 12.4. The minimum Gasteiger partial charge on any atom is -0.404 e. The van der Waals surface area contributed by atoms with Crippen LogP contribution in [-0.4, -0.2) is 20.0 Å². The second-order valence-corrected chi connectivity index (χ2v) is 12.7. The molecule has 3 aromatic carbocycles. The lowest BCUT2D eigenvalue weighted by molar-refractivity contribution is 0.183. The fraction of sp³-hybridized carbons (Fsp3) is 0.231. The molecule has 0 aliphatic carbocycles. The van der Waals surface area contributed by atoms with Gasteiger partial charge in [-0.15, -0.1) is 0 Å². The fourth-order valence-electron chi connectivity index (χ4n) is 3.91. The van der Waals surface area contributed by atoms with Crippen LogP contribution in [0.25, 0.3) is 0 Å². The highest BCUT2D eigenvalue weighted by atomic mass is 28.4. The van der Waals surface area contributed by atoms with Crippen molar-refractivity contribution in [3.05, 3.63) is 108 Å². The molecule has 0 aliphatic heterocycles. The summed E-state index contributed by atoms with van der Waals surface area (Å²) in [7, 11) is -2.72. The summed E-state index contributed by atoms with van der Waals surface area (Å²) in [6.45, 7) is 6.62. The predicted octanol–water partition coefficient (Wildman–Crippen LogP) is 5.15. The first-order chi connectivity index (χ1) is 14.4. The van der Waals surface area contributed by atoms with Gasteiger partial charge in [-0.05, 0) is 27.1 Å². The summed E-state index contributed by atoms with van der Waals surface area (Å²) in [6.07, 6.45) is 0.0748. The third-order valence-electron chi connectivity index (χ3n) is 5.37. The molecule has 1 N–H and O–H groups in total. The van der Waals surface area contributed by atoms with Crippen molar-refractivity contribution in [3.8, 4) is 0 Å². The van der Waals surface area contributed by atoms with Crippen molar-refractivity contribution in [3.63, 3.8) is 0 Å². The Hall–Kier alpha value is -2.53. The van der Waals surface area contributed by atoms with E-state index < -0.39 is 20.2 Å². The lowest BCUT2D eigenvalue weighted by Gasteiger charge is -2.42. The van der Waals surface area contributed by atoms with E-state index >= 15 is 0 Å². The molecule has 4 heteroatoms. The number of halogens is 1. The molecule has 0 amide bonds. The second kappa shape index (κ2) is 9.52. The first-order valence-corrected chi connectivity index (χ1v) is 12.1. The normalized spacial score (nSPS) is 13.8. The van der Waals surface area contributed by atoms with E-state index in [-0.39, 0.29) is 11.6 Å². The van der Waals surface area contributed by atoms with E-state index in [1.807, 2.05) is 42.5 Å². The van der Waals surface area contributed by atoms with E-state index in [0.717, 1.165) is 10.4 Å². The third-order valence-corrected chi connectivity index (χ3v) is 10.4. The van der Waals surface area contributed by atoms with Crippen LogP contribution in [0.15, 0.2) is 103 Å². The number of aliphatic hydroxyl groups excluding tert-OH is 1. The molecule has 1 unspecified atom stereocenters. The summed E-state index contributed by atoms with van der Waals surface area (Å²) >= 11 is 0. The molecule has 0 saturated heterocycles. The number of aliphatic hydroxyl groups is 1. The van der Waals surface area contributed by atoms with E-state index in [2.05, 4.69) is 45.0 Å². The maximum absolute atomic E-state index is 14.7. The summed E-state index contributed by atoms with van der Waals surface area (Å²) in [5.74, 6) is -0.598. The molecule has 0 aromatic heterocycles. The first kappa shape index (κ1) is 22.2. The molecule has 0 spiro atoms. The van der Waals surface area contributed by atoms with E-state index in [1.165, 1.54) is 6.08 Å². The minimum atomic E-state index is -2.72. The number of benzene rings is 3. The molecule has 0 fully saturated rings. The van der Waals surface area contributed by atoms with Crippen LogP contribution in [0.3, 0.4) is 0 Å². The number of hydrogen-bond donors (Lipinski definition) is 1. The van der Waals surface area contributed by atoms with Gasteiger partial charge in [-0.3, -0.25) is 0 Å². The Labute approximate surface area is 179 Å². The van der Waals surface area contributed by atoms with Crippen LogP contribution in [0.1, 0.15) is 32.4 Å². The Bertz CT molecular complexity index is 911. The molecule has 0 saturated carbocycles. The van der Waals surface area contributed by atoms with Crippen LogP contribution in [0.5, 0.6) is 0 Å². The molecule has 0 radical (unpaired) electrons. The Balaban J connectivity index is 1.96. The van der Waals surface area contributed by atoms with Gasteiger partial charge < -0.3 is 9.53 Å². The quantitative estimate of drug-likeness (QED) is 0.536. The van der Waals surface area contributed by atoms with Crippen molar-refractivity contribution < 1.29 is 13.9 Å². The molecule has 3 aromatic rings. The largest absolute Gasteiger partial charge is 0.404 e. The zero-order valence-corrected chi connectivity index (χ0v) is 18.8. The lowest BCUT2D eigenvalue weighted by Crippen LogP contribution is -2.66. The van der Waals surface area contributed by atoms with Crippen molar-refractivity contribution in [2.24, 2.45) is 0 Å². The Morgan fingerprint density at radius 1 is 0.867 bits per heavy atom. The van der Waals surface area contributed by atoms with Crippen LogP contribution in [0.4, 0.5) is 4.39 Å². The molecular weight excluding hydrogens is 391 g/mol. The van der Waals surface area contributed by atoms with E-state index in [1.54, 1.807) is 24.3 Å². The molecular formula is C26H29FO2Si. The van der Waals surface area contributed by atoms with Gasteiger partial charge in [0.2, 0.25) is 0 Å². The van der Waals surface area contributed by atoms with Gasteiger partial charge in [0, 0.05) is 0 Å². The zero-order chi connectivity index (χ0) is 21.6. The van der Waals surface area contributed by atoms with Crippen molar-refractivity contribution in [1.82, 2.24) is 0 Å². The Morgan fingerprint density at radius 3 is 1.73 bits per heavy atom. The number of hydrogen-bond acceptors (Lipinski definition) is 2. The van der Waals surface area contributed by atoms with Gasteiger partial charge >= 0.3 is 0 Å². The van der Waals surface area contributed by atoms with Gasteiger partial charge in [-0.2, -0.15) is 0 Å². The third kappa shape index (κ3) is 4.62. The van der Waals surface area contributed by atoms with Gasteiger partial charge in [0.05, 0.1) is 6.61 Å². The van der Waals surface area contributed by atoms with Crippen molar-refractivity contribution >= 4 is 18.7 Å². The first-order valence-electron chi connectivity index (χ1n) is 10.2. The van der Waals surface area contributed by atoms with Crippen molar-refractivity contribution in [2.45, 2.75) is 31.9 Å². The second-order valence-electron chi connectivity index (χ2n) is 8.38. The van der Waals surface area contributed by atoms with Crippen LogP contribution in [0.2, 0.25) is 5.04 Å². The Kier molecular flexibility index (Phi) is 7.03. The van der Waals surface area contributed by atoms with Gasteiger partial charge in [0.25, 0.3) is 8.32 Å². The molecule has 156 valence electrons. The summed E-state index contributed by atoms with van der Waals surface area (Å²) in [5.41, 5.74) is 0.525. The highest BCUT2D eigenvalue weighted by Gasteiger charge is 2.49. The van der Waals surface area contributed by atoms with Gasteiger partial charge in [0.1, 0.15) is 11.9 Å². The smallest absolute Gasteiger partial charge is 0.261 e. The standard InChI is InChI=1S/C26H29FO2Si/c1-26(2,3)30(22-15-9-5-10-16-22,23-17-11-6-12-18-23)29-20-19-24(27)25(28)21-13-7-4-8-14-21/h4-19,25,28H,20H2,1-3H3/b24-19+. The van der Waals surface area contributed by atoms with E-state index in [9.17, 15) is 9.50 Å². The summed E-state index contributed by atoms with van der Waals surface area (Å²) in [4.78, 5) is 0. The van der Waals surface area contributed by atoms with Crippen LogP contribution in [-0.2, 0) is 4.43 Å². The molecule has 0 aliphatic rings. The van der Waals surface area contributed by atoms with E-state index in [0.29, 0.717) is 5.56 Å².